The lowest BCUT2D eigenvalue weighted by atomic mass is 10.1. The molecule has 1 aromatic heterocycles. The van der Waals surface area contributed by atoms with Gasteiger partial charge in [-0.2, -0.15) is 0 Å². The van der Waals surface area contributed by atoms with E-state index in [1.807, 2.05) is 30.3 Å². The number of halogens is 1. The third kappa shape index (κ3) is 3.12. The minimum Gasteiger partial charge on any atom is -0.422 e. The van der Waals surface area contributed by atoms with Crippen molar-refractivity contribution < 1.29 is 9.53 Å². The molecule has 98 valence electrons. The van der Waals surface area contributed by atoms with Crippen LogP contribution in [-0.4, -0.2) is 11.0 Å². The molecule has 0 fully saturated rings. The predicted molar refractivity (Wildman–Crippen MR) is 75.2 cm³/mol. The van der Waals surface area contributed by atoms with Gasteiger partial charge in [0.25, 0.3) is 0 Å². The fraction of sp³-hybridized carbons (Fsp3) is 0.200. The predicted octanol–water partition coefficient (Wildman–Crippen LogP) is 3.96. The van der Waals surface area contributed by atoms with Crippen LogP contribution in [0.25, 0.3) is 11.1 Å². The molecule has 4 heteroatoms. The average molecular weight is 276 g/mol. The molecule has 0 spiro atoms. The molecule has 0 aliphatic rings. The molecule has 0 atom stereocenters. The quantitative estimate of drug-likeness (QED) is 0.629. The van der Waals surface area contributed by atoms with Crippen LogP contribution in [0.2, 0.25) is 5.15 Å². The van der Waals surface area contributed by atoms with Crippen LogP contribution in [0, 0.1) is 5.92 Å². The highest BCUT2D eigenvalue weighted by Gasteiger charge is 2.17. The molecule has 2 rings (SSSR count). The molecule has 0 aliphatic heterocycles. The second-order valence-electron chi connectivity index (χ2n) is 4.42. The van der Waals surface area contributed by atoms with E-state index in [-0.39, 0.29) is 17.0 Å². The maximum Gasteiger partial charge on any atom is 0.313 e. The lowest BCUT2D eigenvalue weighted by Crippen LogP contribution is -2.15. The van der Waals surface area contributed by atoms with Crippen molar-refractivity contribution in [3.63, 3.8) is 0 Å². The van der Waals surface area contributed by atoms with Gasteiger partial charge in [-0.15, -0.1) is 0 Å². The second-order valence-corrected chi connectivity index (χ2v) is 4.78. The normalized spacial score (nSPS) is 10.5. The third-order valence-corrected chi connectivity index (χ3v) is 2.89. The van der Waals surface area contributed by atoms with E-state index in [9.17, 15) is 4.79 Å². The summed E-state index contributed by atoms with van der Waals surface area (Å²) >= 11 is 6.04. The molecular formula is C15H14ClNO2. The molecule has 0 unspecified atom stereocenters. The number of rotatable bonds is 3. The largest absolute Gasteiger partial charge is 0.422 e. The van der Waals surface area contributed by atoms with Gasteiger partial charge in [0.15, 0.2) is 10.9 Å². The average Bonchev–Trinajstić information content (AvgIpc) is 2.41. The van der Waals surface area contributed by atoms with Crippen molar-refractivity contribution in [2.45, 2.75) is 13.8 Å². The number of ether oxygens (including phenoxy) is 1. The summed E-state index contributed by atoms with van der Waals surface area (Å²) in [5.41, 5.74) is 1.69. The van der Waals surface area contributed by atoms with E-state index in [0.717, 1.165) is 11.1 Å². The summed E-state index contributed by atoms with van der Waals surface area (Å²) in [6.07, 6.45) is 1.59. The molecular weight excluding hydrogens is 262 g/mol. The molecule has 0 saturated carbocycles. The first-order chi connectivity index (χ1) is 9.09. The van der Waals surface area contributed by atoms with E-state index in [0.29, 0.717) is 5.75 Å². The molecule has 19 heavy (non-hydrogen) atoms. The standard InChI is InChI=1S/C15H14ClNO2/c1-10(2)15(18)19-13-12(8-9-17-14(13)16)11-6-4-3-5-7-11/h3-10H,1-2H3. The zero-order valence-electron chi connectivity index (χ0n) is 10.8. The number of pyridine rings is 1. The van der Waals surface area contributed by atoms with Crippen LogP contribution in [0.3, 0.4) is 0 Å². The van der Waals surface area contributed by atoms with Gasteiger partial charge in [0, 0.05) is 11.8 Å². The van der Waals surface area contributed by atoms with Gasteiger partial charge in [0.05, 0.1) is 5.92 Å². The van der Waals surface area contributed by atoms with Crippen molar-refractivity contribution in [1.29, 1.82) is 0 Å². The summed E-state index contributed by atoms with van der Waals surface area (Å²) in [6, 6.07) is 11.4. The Balaban J connectivity index is 2.45. The number of nitrogens with zero attached hydrogens (tertiary/aromatic N) is 1. The molecule has 0 saturated heterocycles. The number of esters is 1. The highest BCUT2D eigenvalue weighted by molar-refractivity contribution is 6.31. The first-order valence-corrected chi connectivity index (χ1v) is 6.39. The molecule has 3 nitrogen and oxygen atoms in total. The minimum absolute atomic E-state index is 0.190. The van der Waals surface area contributed by atoms with Crippen LogP contribution in [0.4, 0.5) is 0 Å². The Bertz CT molecular complexity index is 582. The fourth-order valence-electron chi connectivity index (χ4n) is 1.58. The van der Waals surface area contributed by atoms with Crippen molar-refractivity contribution in [1.82, 2.24) is 4.98 Å². The molecule has 1 heterocycles. The number of aromatic nitrogens is 1. The topological polar surface area (TPSA) is 39.2 Å². The molecule has 0 bridgehead atoms. The van der Waals surface area contributed by atoms with E-state index in [1.165, 1.54) is 0 Å². The Morgan fingerprint density at radius 3 is 2.53 bits per heavy atom. The first-order valence-electron chi connectivity index (χ1n) is 6.01. The van der Waals surface area contributed by atoms with E-state index in [2.05, 4.69) is 4.98 Å². The number of carbonyl (C=O) groups excluding carboxylic acids is 1. The van der Waals surface area contributed by atoms with Crippen molar-refractivity contribution in [3.8, 4) is 16.9 Å². The first kappa shape index (κ1) is 13.6. The fourth-order valence-corrected chi connectivity index (χ4v) is 1.78. The third-order valence-electron chi connectivity index (χ3n) is 2.62. The molecule has 2 aromatic rings. The van der Waals surface area contributed by atoms with Crippen LogP contribution in [-0.2, 0) is 4.79 Å². The summed E-state index contributed by atoms with van der Waals surface area (Å²) in [5, 5.41) is 0.190. The Kier molecular flexibility index (Phi) is 4.17. The molecule has 0 aliphatic carbocycles. The summed E-state index contributed by atoms with van der Waals surface area (Å²) in [7, 11) is 0. The van der Waals surface area contributed by atoms with Gasteiger partial charge in [-0.25, -0.2) is 4.98 Å². The molecule has 0 N–H and O–H groups in total. The van der Waals surface area contributed by atoms with Gasteiger partial charge in [-0.3, -0.25) is 4.79 Å². The minimum atomic E-state index is -0.327. The molecule has 0 amide bonds. The van der Waals surface area contributed by atoms with Crippen molar-refractivity contribution in [2.75, 3.05) is 0 Å². The number of carbonyl (C=O) groups is 1. The lowest BCUT2D eigenvalue weighted by Gasteiger charge is -2.12. The smallest absolute Gasteiger partial charge is 0.313 e. The van der Waals surface area contributed by atoms with Crippen LogP contribution >= 0.6 is 11.6 Å². The van der Waals surface area contributed by atoms with Crippen molar-refractivity contribution >= 4 is 17.6 Å². The SMILES string of the molecule is CC(C)C(=O)Oc1c(-c2ccccc2)ccnc1Cl. The van der Waals surface area contributed by atoms with Gasteiger partial charge in [0.2, 0.25) is 0 Å². The van der Waals surface area contributed by atoms with Crippen molar-refractivity contribution in [3.05, 3.63) is 47.7 Å². The zero-order valence-corrected chi connectivity index (χ0v) is 11.5. The van der Waals surface area contributed by atoms with E-state index >= 15 is 0 Å². The van der Waals surface area contributed by atoms with Crippen molar-refractivity contribution in [2.24, 2.45) is 5.92 Å². The summed E-state index contributed by atoms with van der Waals surface area (Å²) in [5.74, 6) is -0.235. The van der Waals surface area contributed by atoms with Gasteiger partial charge in [0.1, 0.15) is 0 Å². The van der Waals surface area contributed by atoms with E-state index in [1.54, 1.807) is 26.1 Å². The van der Waals surface area contributed by atoms with Gasteiger partial charge >= 0.3 is 5.97 Å². The Morgan fingerprint density at radius 1 is 1.21 bits per heavy atom. The van der Waals surface area contributed by atoms with Gasteiger partial charge < -0.3 is 4.74 Å². The summed E-state index contributed by atoms with van der Waals surface area (Å²) in [4.78, 5) is 15.7. The van der Waals surface area contributed by atoms with E-state index < -0.39 is 0 Å². The Hall–Kier alpha value is -1.87. The molecule has 1 aromatic carbocycles. The highest BCUT2D eigenvalue weighted by Crippen LogP contribution is 2.35. The van der Waals surface area contributed by atoms with E-state index in [4.69, 9.17) is 16.3 Å². The Morgan fingerprint density at radius 2 is 1.89 bits per heavy atom. The van der Waals surface area contributed by atoms with Gasteiger partial charge in [-0.1, -0.05) is 55.8 Å². The Labute approximate surface area is 117 Å². The van der Waals surface area contributed by atoms with Crippen LogP contribution in [0.1, 0.15) is 13.8 Å². The maximum atomic E-state index is 11.7. The summed E-state index contributed by atoms with van der Waals surface area (Å²) < 4.78 is 5.36. The number of benzene rings is 1. The highest BCUT2D eigenvalue weighted by atomic mass is 35.5. The lowest BCUT2D eigenvalue weighted by molar-refractivity contribution is -0.137. The van der Waals surface area contributed by atoms with Crippen LogP contribution in [0.5, 0.6) is 5.75 Å². The van der Waals surface area contributed by atoms with Gasteiger partial charge in [-0.05, 0) is 11.6 Å². The molecule has 0 radical (unpaired) electrons. The van der Waals surface area contributed by atoms with Crippen LogP contribution < -0.4 is 4.74 Å². The number of hydrogen-bond acceptors (Lipinski definition) is 3. The zero-order chi connectivity index (χ0) is 13.8. The van der Waals surface area contributed by atoms with Crippen LogP contribution in [0.15, 0.2) is 42.6 Å². The summed E-state index contributed by atoms with van der Waals surface area (Å²) in [6.45, 7) is 3.55. The second kappa shape index (κ2) is 5.85. The number of hydrogen-bond donors (Lipinski definition) is 0. The maximum absolute atomic E-state index is 11.7. The monoisotopic (exact) mass is 275 g/mol.